The molecule has 26 heavy (non-hydrogen) atoms. The summed E-state index contributed by atoms with van der Waals surface area (Å²) < 4.78 is 1.71. The van der Waals surface area contributed by atoms with Crippen molar-refractivity contribution in [3.05, 3.63) is 11.9 Å². The van der Waals surface area contributed by atoms with E-state index in [1.807, 2.05) is 0 Å². The van der Waals surface area contributed by atoms with Crippen molar-refractivity contribution in [2.24, 2.45) is 5.92 Å². The minimum atomic E-state index is -0.364. The molecule has 1 N–H and O–H groups in total. The van der Waals surface area contributed by atoms with Crippen molar-refractivity contribution in [2.45, 2.75) is 53.1 Å². The van der Waals surface area contributed by atoms with Crippen molar-refractivity contribution in [3.8, 4) is 0 Å². The first-order valence-electron chi connectivity index (χ1n) is 9.63. The summed E-state index contributed by atoms with van der Waals surface area (Å²) in [6, 6.07) is -0.364. The zero-order chi connectivity index (χ0) is 19.1. The Bertz CT molecular complexity index is 596. The average Bonchev–Trinajstić information content (AvgIpc) is 3.06. The molecule has 0 fully saturated rings. The molecular formula is C18H32N6O2. The molecule has 0 aromatic carbocycles. The number of carbonyl (C=O) groups excluding carboxylic acids is 2. The standard InChI is InChI=1S/C18H32N6O2/c1-5-22(6-2)9-7-8-19-17(25)13-23-12-15-11-20-21-24(15)16(18(23)26)10-14(3)4/h11,14,16H,5-10,12-13H2,1-4H3,(H,19,25)/t16-/m0/s1. The smallest absolute Gasteiger partial charge is 0.248 e. The second kappa shape index (κ2) is 9.66. The lowest BCUT2D eigenvalue weighted by Crippen LogP contribution is -2.47. The van der Waals surface area contributed by atoms with Gasteiger partial charge in [0.15, 0.2) is 0 Å². The molecule has 0 unspecified atom stereocenters. The number of carbonyl (C=O) groups is 2. The number of nitrogens with zero attached hydrogens (tertiary/aromatic N) is 5. The van der Waals surface area contributed by atoms with Crippen molar-refractivity contribution >= 4 is 11.8 Å². The van der Waals surface area contributed by atoms with Gasteiger partial charge in [0.25, 0.3) is 0 Å². The van der Waals surface area contributed by atoms with Crippen LogP contribution in [0.15, 0.2) is 6.20 Å². The van der Waals surface area contributed by atoms with Gasteiger partial charge in [-0.1, -0.05) is 32.9 Å². The predicted molar refractivity (Wildman–Crippen MR) is 99.3 cm³/mol. The van der Waals surface area contributed by atoms with Crippen LogP contribution in [-0.4, -0.2) is 69.3 Å². The first-order valence-corrected chi connectivity index (χ1v) is 9.63. The number of nitrogens with one attached hydrogen (secondary N) is 1. The van der Waals surface area contributed by atoms with Gasteiger partial charge in [-0.05, 0) is 38.4 Å². The molecule has 2 rings (SSSR count). The minimum absolute atomic E-state index is 0.0463. The van der Waals surface area contributed by atoms with Crippen LogP contribution in [0.4, 0.5) is 0 Å². The maximum absolute atomic E-state index is 12.8. The van der Waals surface area contributed by atoms with Crippen molar-refractivity contribution < 1.29 is 9.59 Å². The third-order valence-corrected chi connectivity index (χ3v) is 4.79. The SMILES string of the molecule is CCN(CC)CCCNC(=O)CN1Cc2cnnn2[C@@H](CC(C)C)C1=O. The molecule has 1 aromatic rings. The van der Waals surface area contributed by atoms with Gasteiger partial charge < -0.3 is 15.1 Å². The molecule has 0 saturated heterocycles. The Balaban J connectivity index is 1.87. The Kier molecular flexibility index (Phi) is 7.56. The Morgan fingerprint density at radius 3 is 2.77 bits per heavy atom. The summed E-state index contributed by atoms with van der Waals surface area (Å²) >= 11 is 0. The van der Waals surface area contributed by atoms with E-state index in [0.717, 1.165) is 31.7 Å². The van der Waals surface area contributed by atoms with E-state index in [0.29, 0.717) is 25.4 Å². The number of hydrogen-bond donors (Lipinski definition) is 1. The van der Waals surface area contributed by atoms with Crippen molar-refractivity contribution in [2.75, 3.05) is 32.7 Å². The summed E-state index contributed by atoms with van der Waals surface area (Å²) in [6.45, 7) is 12.5. The van der Waals surface area contributed by atoms with Crippen LogP contribution in [-0.2, 0) is 16.1 Å². The third-order valence-electron chi connectivity index (χ3n) is 4.79. The highest BCUT2D eigenvalue weighted by molar-refractivity contribution is 5.87. The topological polar surface area (TPSA) is 83.4 Å². The van der Waals surface area contributed by atoms with Gasteiger partial charge in [-0.3, -0.25) is 9.59 Å². The number of rotatable bonds is 10. The molecule has 0 radical (unpaired) electrons. The van der Waals surface area contributed by atoms with Crippen LogP contribution in [0, 0.1) is 5.92 Å². The van der Waals surface area contributed by atoms with Gasteiger partial charge in [-0.2, -0.15) is 0 Å². The molecule has 1 aliphatic heterocycles. The highest BCUT2D eigenvalue weighted by atomic mass is 16.2. The molecule has 8 nitrogen and oxygen atoms in total. The van der Waals surface area contributed by atoms with Crippen LogP contribution in [0.2, 0.25) is 0 Å². The summed E-state index contributed by atoms with van der Waals surface area (Å²) in [6.07, 6.45) is 3.28. The van der Waals surface area contributed by atoms with Crippen LogP contribution in [0.5, 0.6) is 0 Å². The van der Waals surface area contributed by atoms with Crippen LogP contribution in [0.25, 0.3) is 0 Å². The molecular weight excluding hydrogens is 332 g/mol. The zero-order valence-corrected chi connectivity index (χ0v) is 16.4. The van der Waals surface area contributed by atoms with E-state index in [1.54, 1.807) is 15.8 Å². The summed E-state index contributed by atoms with van der Waals surface area (Å²) in [5.41, 5.74) is 0.879. The second-order valence-corrected chi connectivity index (χ2v) is 7.24. The molecule has 0 bridgehead atoms. The fraction of sp³-hybridized carbons (Fsp3) is 0.778. The van der Waals surface area contributed by atoms with E-state index in [9.17, 15) is 9.59 Å². The van der Waals surface area contributed by atoms with Crippen LogP contribution < -0.4 is 5.32 Å². The quantitative estimate of drug-likeness (QED) is 0.628. The maximum Gasteiger partial charge on any atom is 0.248 e. The molecule has 0 spiro atoms. The zero-order valence-electron chi connectivity index (χ0n) is 16.4. The lowest BCUT2D eigenvalue weighted by atomic mass is 10.0. The molecule has 0 aliphatic carbocycles. The lowest BCUT2D eigenvalue weighted by Gasteiger charge is -2.33. The Labute approximate surface area is 155 Å². The molecule has 1 aliphatic rings. The van der Waals surface area contributed by atoms with E-state index in [4.69, 9.17) is 0 Å². The molecule has 2 amide bonds. The van der Waals surface area contributed by atoms with Gasteiger partial charge >= 0.3 is 0 Å². The Morgan fingerprint density at radius 2 is 2.12 bits per heavy atom. The largest absolute Gasteiger partial charge is 0.355 e. The van der Waals surface area contributed by atoms with Gasteiger partial charge in [-0.15, -0.1) is 5.10 Å². The van der Waals surface area contributed by atoms with Crippen LogP contribution in [0.1, 0.15) is 52.3 Å². The minimum Gasteiger partial charge on any atom is -0.355 e. The van der Waals surface area contributed by atoms with Crippen molar-refractivity contribution in [1.82, 2.24) is 30.1 Å². The van der Waals surface area contributed by atoms with E-state index in [1.165, 1.54) is 0 Å². The monoisotopic (exact) mass is 364 g/mol. The van der Waals surface area contributed by atoms with E-state index >= 15 is 0 Å². The van der Waals surface area contributed by atoms with Crippen molar-refractivity contribution in [3.63, 3.8) is 0 Å². The fourth-order valence-electron chi connectivity index (χ4n) is 3.31. The number of hydrogen-bond acceptors (Lipinski definition) is 5. The highest BCUT2D eigenvalue weighted by Gasteiger charge is 2.35. The normalized spacial score (nSPS) is 17.1. The van der Waals surface area contributed by atoms with Gasteiger partial charge in [-0.25, -0.2) is 4.68 Å². The summed E-state index contributed by atoms with van der Waals surface area (Å²) in [5.74, 6) is 0.201. The first kappa shape index (κ1) is 20.4. The molecule has 1 atom stereocenters. The molecule has 1 aromatic heterocycles. The number of fused-ring (bicyclic) bond motifs is 1. The molecule has 2 heterocycles. The Morgan fingerprint density at radius 1 is 1.38 bits per heavy atom. The third kappa shape index (κ3) is 5.27. The molecule has 8 heteroatoms. The summed E-state index contributed by atoms with van der Waals surface area (Å²) in [5, 5.41) is 10.9. The van der Waals surface area contributed by atoms with Gasteiger partial charge in [0, 0.05) is 6.54 Å². The van der Waals surface area contributed by atoms with Gasteiger partial charge in [0.1, 0.15) is 6.04 Å². The number of aromatic nitrogens is 3. The molecule has 146 valence electrons. The first-order chi connectivity index (χ1) is 12.5. The van der Waals surface area contributed by atoms with E-state index < -0.39 is 0 Å². The fourth-order valence-corrected chi connectivity index (χ4v) is 3.31. The van der Waals surface area contributed by atoms with E-state index in [-0.39, 0.29) is 24.4 Å². The van der Waals surface area contributed by atoms with Crippen molar-refractivity contribution in [1.29, 1.82) is 0 Å². The molecule has 0 saturated carbocycles. The Hall–Kier alpha value is -1.96. The average molecular weight is 364 g/mol. The van der Waals surface area contributed by atoms with Crippen LogP contribution in [0.3, 0.4) is 0 Å². The van der Waals surface area contributed by atoms with Gasteiger partial charge in [0.05, 0.1) is 25.0 Å². The van der Waals surface area contributed by atoms with Gasteiger partial charge in [0.2, 0.25) is 11.8 Å². The summed E-state index contributed by atoms with van der Waals surface area (Å²) in [7, 11) is 0. The van der Waals surface area contributed by atoms with Crippen LogP contribution >= 0.6 is 0 Å². The summed E-state index contributed by atoms with van der Waals surface area (Å²) in [4.78, 5) is 29.0. The predicted octanol–water partition coefficient (Wildman–Crippen LogP) is 1.06. The maximum atomic E-state index is 12.8. The lowest BCUT2D eigenvalue weighted by molar-refractivity contribution is -0.142. The highest BCUT2D eigenvalue weighted by Crippen LogP contribution is 2.26. The number of amides is 2. The second-order valence-electron chi connectivity index (χ2n) is 7.24. The van der Waals surface area contributed by atoms with E-state index in [2.05, 4.69) is 48.2 Å².